The fourth-order valence-corrected chi connectivity index (χ4v) is 3.89. The minimum absolute atomic E-state index is 0.00875. The first-order valence-corrected chi connectivity index (χ1v) is 9.93. The largest absolute Gasteiger partial charge is 0.433 e. The normalized spacial score (nSPS) is 15.6. The minimum Gasteiger partial charge on any atom is -0.433 e. The van der Waals surface area contributed by atoms with E-state index < -0.39 is 6.61 Å². The van der Waals surface area contributed by atoms with Crippen molar-refractivity contribution in [3.63, 3.8) is 0 Å². The van der Waals surface area contributed by atoms with Crippen LogP contribution in [0.25, 0.3) is 5.65 Å². The Morgan fingerprint density at radius 2 is 2.03 bits per heavy atom. The van der Waals surface area contributed by atoms with Crippen molar-refractivity contribution in [1.82, 2.24) is 19.5 Å². The summed E-state index contributed by atoms with van der Waals surface area (Å²) in [6, 6.07) is 9.98. The molecule has 0 spiro atoms. The van der Waals surface area contributed by atoms with E-state index in [0.717, 1.165) is 37.4 Å². The molecule has 1 aromatic carbocycles. The van der Waals surface area contributed by atoms with E-state index in [2.05, 4.69) is 25.2 Å². The van der Waals surface area contributed by atoms with Gasteiger partial charge in [0.2, 0.25) is 5.91 Å². The van der Waals surface area contributed by atoms with Crippen molar-refractivity contribution in [2.24, 2.45) is 0 Å². The third kappa shape index (κ3) is 4.68. The summed E-state index contributed by atoms with van der Waals surface area (Å²) in [6.07, 6.45) is 3.73. The number of carbonyl (C=O) groups is 1. The Morgan fingerprint density at radius 3 is 2.77 bits per heavy atom. The van der Waals surface area contributed by atoms with Crippen molar-refractivity contribution in [1.29, 1.82) is 0 Å². The summed E-state index contributed by atoms with van der Waals surface area (Å²) in [4.78, 5) is 14.4. The number of halogens is 3. The van der Waals surface area contributed by atoms with Gasteiger partial charge in [0.1, 0.15) is 11.6 Å². The van der Waals surface area contributed by atoms with Crippen molar-refractivity contribution in [3.8, 4) is 5.75 Å². The Labute approximate surface area is 176 Å². The van der Waals surface area contributed by atoms with Crippen molar-refractivity contribution in [3.05, 3.63) is 53.4 Å². The smallest absolute Gasteiger partial charge is 0.387 e. The number of alkyl halides is 2. The molecule has 0 unspecified atom stereocenters. The van der Waals surface area contributed by atoms with Crippen molar-refractivity contribution in [2.75, 3.05) is 25.0 Å². The molecule has 0 saturated carbocycles. The van der Waals surface area contributed by atoms with Gasteiger partial charge in [-0.3, -0.25) is 14.1 Å². The predicted molar refractivity (Wildman–Crippen MR) is 108 cm³/mol. The number of rotatable bonds is 6. The number of amides is 1. The van der Waals surface area contributed by atoms with Gasteiger partial charge in [-0.15, -0.1) is 10.2 Å². The lowest BCUT2D eigenvalue weighted by atomic mass is 9.96. The number of hydrogen-bond acceptors (Lipinski definition) is 5. The first-order chi connectivity index (χ1) is 14.5. The maximum absolute atomic E-state index is 12.4. The molecule has 0 aliphatic carbocycles. The number of anilines is 1. The van der Waals surface area contributed by atoms with Crippen molar-refractivity contribution < 1.29 is 18.3 Å². The molecule has 3 aromatic rings. The molecule has 4 rings (SSSR count). The van der Waals surface area contributed by atoms with E-state index in [1.807, 2.05) is 28.8 Å². The standard InChI is InChI=1S/C20H20ClF2N5O2/c21-15-11-14(4-5-16(15)30-20(22)23)24-18(29)12-27-9-6-13(7-10-27)19-26-25-17-3-1-2-8-28(17)19/h1-5,8,11,13,20H,6-7,9-10,12H2,(H,24,29). The van der Waals surface area contributed by atoms with E-state index in [4.69, 9.17) is 11.6 Å². The number of hydrogen-bond donors (Lipinski definition) is 1. The van der Waals surface area contributed by atoms with Gasteiger partial charge in [-0.2, -0.15) is 8.78 Å². The van der Waals surface area contributed by atoms with Crippen LogP contribution in [0.4, 0.5) is 14.5 Å². The van der Waals surface area contributed by atoms with Crippen LogP contribution in [0.15, 0.2) is 42.6 Å². The number of benzene rings is 1. The van der Waals surface area contributed by atoms with Crippen LogP contribution in [0.2, 0.25) is 5.02 Å². The Morgan fingerprint density at radius 1 is 1.23 bits per heavy atom. The summed E-state index contributed by atoms with van der Waals surface area (Å²) in [5, 5.41) is 11.3. The molecule has 1 amide bonds. The fraction of sp³-hybridized carbons (Fsp3) is 0.350. The second-order valence-corrected chi connectivity index (χ2v) is 7.52. The highest BCUT2D eigenvalue weighted by molar-refractivity contribution is 6.32. The highest BCUT2D eigenvalue weighted by Crippen LogP contribution is 2.29. The monoisotopic (exact) mass is 435 g/mol. The van der Waals surface area contributed by atoms with Crippen LogP contribution in [-0.4, -0.2) is 51.7 Å². The van der Waals surface area contributed by atoms with E-state index in [0.29, 0.717) is 11.6 Å². The van der Waals surface area contributed by atoms with Crippen LogP contribution in [0.1, 0.15) is 24.6 Å². The molecule has 0 radical (unpaired) electrons. The van der Waals surface area contributed by atoms with E-state index in [-0.39, 0.29) is 23.2 Å². The lowest BCUT2D eigenvalue weighted by Gasteiger charge is -2.30. The second-order valence-electron chi connectivity index (χ2n) is 7.11. The minimum atomic E-state index is -2.96. The molecule has 1 aliphatic heterocycles. The molecule has 1 N–H and O–H groups in total. The first kappa shape index (κ1) is 20.5. The van der Waals surface area contributed by atoms with Crippen LogP contribution in [-0.2, 0) is 4.79 Å². The summed E-state index contributed by atoms with van der Waals surface area (Å²) in [5.74, 6) is 0.922. The van der Waals surface area contributed by atoms with Crippen LogP contribution >= 0.6 is 11.6 Å². The number of pyridine rings is 1. The number of piperidine rings is 1. The Balaban J connectivity index is 1.30. The highest BCUT2D eigenvalue weighted by Gasteiger charge is 2.25. The van der Waals surface area contributed by atoms with Gasteiger partial charge in [-0.25, -0.2) is 0 Å². The molecule has 1 saturated heterocycles. The molecular formula is C20H20ClF2N5O2. The zero-order valence-corrected chi connectivity index (χ0v) is 16.7. The number of aromatic nitrogens is 3. The number of nitrogens with zero attached hydrogens (tertiary/aromatic N) is 4. The molecule has 0 bridgehead atoms. The number of nitrogens with one attached hydrogen (secondary N) is 1. The van der Waals surface area contributed by atoms with Gasteiger partial charge in [0.15, 0.2) is 5.65 Å². The van der Waals surface area contributed by atoms with E-state index >= 15 is 0 Å². The van der Waals surface area contributed by atoms with Crippen molar-refractivity contribution >= 4 is 28.8 Å². The molecule has 2 aromatic heterocycles. The fourth-order valence-electron chi connectivity index (χ4n) is 3.66. The number of ether oxygens (including phenoxy) is 1. The van der Waals surface area contributed by atoms with Crippen molar-refractivity contribution in [2.45, 2.75) is 25.4 Å². The third-order valence-corrected chi connectivity index (χ3v) is 5.39. The molecular weight excluding hydrogens is 416 g/mol. The molecule has 10 heteroatoms. The molecule has 158 valence electrons. The topological polar surface area (TPSA) is 71.8 Å². The SMILES string of the molecule is O=C(CN1CCC(c2nnc3ccccn23)CC1)Nc1ccc(OC(F)F)c(Cl)c1. The Hall–Kier alpha value is -2.78. The zero-order chi connectivity index (χ0) is 21.1. The lowest BCUT2D eigenvalue weighted by Crippen LogP contribution is -2.39. The van der Waals surface area contributed by atoms with Gasteiger partial charge >= 0.3 is 6.61 Å². The maximum Gasteiger partial charge on any atom is 0.387 e. The van der Waals surface area contributed by atoms with Crippen LogP contribution < -0.4 is 10.1 Å². The molecule has 7 nitrogen and oxygen atoms in total. The van der Waals surface area contributed by atoms with E-state index in [9.17, 15) is 13.6 Å². The van der Waals surface area contributed by atoms with E-state index in [1.165, 1.54) is 18.2 Å². The number of carbonyl (C=O) groups excluding carboxylic acids is 1. The second kappa shape index (κ2) is 8.93. The Bertz CT molecular complexity index is 1040. The molecule has 3 heterocycles. The summed E-state index contributed by atoms with van der Waals surface area (Å²) in [7, 11) is 0. The van der Waals surface area contributed by atoms with Gasteiger partial charge in [0.05, 0.1) is 11.6 Å². The molecule has 1 aliphatic rings. The van der Waals surface area contributed by atoms with Gasteiger partial charge in [-0.05, 0) is 56.3 Å². The molecule has 30 heavy (non-hydrogen) atoms. The quantitative estimate of drug-likeness (QED) is 0.637. The van der Waals surface area contributed by atoms with Gasteiger partial charge < -0.3 is 10.1 Å². The summed E-state index contributed by atoms with van der Waals surface area (Å²) in [6.45, 7) is -1.19. The van der Waals surface area contributed by atoms with E-state index in [1.54, 1.807) is 0 Å². The van der Waals surface area contributed by atoms with Gasteiger partial charge in [0.25, 0.3) is 0 Å². The number of likely N-dealkylation sites (tertiary alicyclic amines) is 1. The third-order valence-electron chi connectivity index (χ3n) is 5.09. The summed E-state index contributed by atoms with van der Waals surface area (Å²) < 4.78 is 30.9. The number of fused-ring (bicyclic) bond motifs is 1. The highest BCUT2D eigenvalue weighted by atomic mass is 35.5. The maximum atomic E-state index is 12.4. The predicted octanol–water partition coefficient (Wildman–Crippen LogP) is 3.80. The van der Waals surface area contributed by atoms with Crippen LogP contribution in [0.5, 0.6) is 5.75 Å². The zero-order valence-electron chi connectivity index (χ0n) is 16.0. The van der Waals surface area contributed by atoms with Gasteiger partial charge in [-0.1, -0.05) is 17.7 Å². The molecule has 1 fully saturated rings. The van der Waals surface area contributed by atoms with Gasteiger partial charge in [0, 0.05) is 17.8 Å². The van der Waals surface area contributed by atoms with Crippen LogP contribution in [0, 0.1) is 0 Å². The lowest BCUT2D eigenvalue weighted by molar-refractivity contribution is -0.117. The average molecular weight is 436 g/mol. The summed E-state index contributed by atoms with van der Waals surface area (Å²) in [5.41, 5.74) is 1.26. The summed E-state index contributed by atoms with van der Waals surface area (Å²) >= 11 is 5.92. The van der Waals surface area contributed by atoms with Crippen LogP contribution in [0.3, 0.4) is 0 Å². The average Bonchev–Trinajstić information content (AvgIpc) is 3.14. The first-order valence-electron chi connectivity index (χ1n) is 9.56. The molecule has 0 atom stereocenters. The Kier molecular flexibility index (Phi) is 6.10.